The smallest absolute Gasteiger partial charge is 0.191 e. The molecule has 0 aliphatic rings. The molecule has 144 valence electrons. The van der Waals surface area contributed by atoms with E-state index in [1.165, 1.54) is 11.9 Å². The first-order valence-corrected chi connectivity index (χ1v) is 8.66. The van der Waals surface area contributed by atoms with Gasteiger partial charge in [-0.2, -0.15) is 5.10 Å². The van der Waals surface area contributed by atoms with Gasteiger partial charge in [0.25, 0.3) is 0 Å². The standard InChI is InChI=1S/C17H26ClN7.HI/c1-5-19-17(21-11-16-22-12-23-25(16)4)20-10-15(24(2)3)13-6-8-14(18)9-7-13;/h6-9,12,15H,5,10-11H2,1-4H3,(H2,19,20,21);1H. The molecule has 0 aliphatic heterocycles. The van der Waals surface area contributed by atoms with E-state index in [2.05, 4.69) is 56.8 Å². The maximum atomic E-state index is 6.00. The third kappa shape index (κ3) is 6.73. The summed E-state index contributed by atoms with van der Waals surface area (Å²) in [6, 6.07) is 8.15. The van der Waals surface area contributed by atoms with Gasteiger partial charge in [0.05, 0.1) is 6.04 Å². The van der Waals surface area contributed by atoms with Gasteiger partial charge >= 0.3 is 0 Å². The highest BCUT2D eigenvalue weighted by Gasteiger charge is 2.14. The minimum atomic E-state index is 0. The fourth-order valence-electron chi connectivity index (χ4n) is 2.43. The van der Waals surface area contributed by atoms with Crippen LogP contribution in [0.5, 0.6) is 0 Å². The third-order valence-corrected chi connectivity index (χ3v) is 4.12. The lowest BCUT2D eigenvalue weighted by Gasteiger charge is -2.26. The summed E-state index contributed by atoms with van der Waals surface area (Å²) in [6.45, 7) is 4.03. The summed E-state index contributed by atoms with van der Waals surface area (Å²) in [4.78, 5) is 11.0. The Morgan fingerprint density at radius 3 is 2.50 bits per heavy atom. The number of nitrogens with zero attached hydrogens (tertiary/aromatic N) is 5. The predicted octanol–water partition coefficient (Wildman–Crippen LogP) is 2.44. The van der Waals surface area contributed by atoms with E-state index >= 15 is 0 Å². The zero-order valence-electron chi connectivity index (χ0n) is 15.6. The van der Waals surface area contributed by atoms with Gasteiger partial charge in [-0.3, -0.25) is 4.68 Å². The van der Waals surface area contributed by atoms with Crippen LogP contribution in [0.4, 0.5) is 0 Å². The van der Waals surface area contributed by atoms with Crippen molar-refractivity contribution in [3.05, 3.63) is 47.0 Å². The highest BCUT2D eigenvalue weighted by atomic mass is 127. The van der Waals surface area contributed by atoms with E-state index in [0.29, 0.717) is 6.54 Å². The van der Waals surface area contributed by atoms with Crippen molar-refractivity contribution in [1.82, 2.24) is 30.3 Å². The molecule has 2 N–H and O–H groups in total. The second-order valence-electron chi connectivity index (χ2n) is 5.91. The summed E-state index contributed by atoms with van der Waals surface area (Å²) in [7, 11) is 5.98. The number of likely N-dealkylation sites (N-methyl/N-ethyl adjacent to an activating group) is 1. The summed E-state index contributed by atoms with van der Waals surface area (Å²) in [5, 5.41) is 11.5. The molecule has 0 saturated heterocycles. The molecule has 26 heavy (non-hydrogen) atoms. The van der Waals surface area contributed by atoms with E-state index in [1.807, 2.05) is 26.1 Å². The zero-order valence-corrected chi connectivity index (χ0v) is 18.7. The lowest BCUT2D eigenvalue weighted by Crippen LogP contribution is -2.41. The summed E-state index contributed by atoms with van der Waals surface area (Å²) in [5.41, 5.74) is 1.20. The van der Waals surface area contributed by atoms with E-state index in [-0.39, 0.29) is 30.0 Å². The molecular weight excluding hydrogens is 465 g/mol. The first kappa shape index (κ1) is 22.7. The van der Waals surface area contributed by atoms with Crippen LogP contribution in [0.2, 0.25) is 5.02 Å². The number of halogens is 2. The van der Waals surface area contributed by atoms with Gasteiger partial charge in [-0.15, -0.1) is 24.0 Å². The molecule has 2 rings (SSSR count). The van der Waals surface area contributed by atoms with Crippen LogP contribution in [-0.2, 0) is 13.6 Å². The Balaban J connectivity index is 0.00000338. The van der Waals surface area contributed by atoms with Gasteiger partial charge in [-0.1, -0.05) is 23.7 Å². The molecule has 7 nitrogen and oxygen atoms in total. The summed E-state index contributed by atoms with van der Waals surface area (Å²) in [6.07, 6.45) is 1.54. The molecular formula is C17H27ClIN7. The fourth-order valence-corrected chi connectivity index (χ4v) is 2.56. The molecule has 9 heteroatoms. The molecule has 0 saturated carbocycles. The van der Waals surface area contributed by atoms with E-state index in [4.69, 9.17) is 11.6 Å². The van der Waals surface area contributed by atoms with Crippen LogP contribution >= 0.6 is 35.6 Å². The van der Waals surface area contributed by atoms with Crippen molar-refractivity contribution in [2.45, 2.75) is 19.5 Å². The molecule has 1 unspecified atom stereocenters. The predicted molar refractivity (Wildman–Crippen MR) is 117 cm³/mol. The minimum Gasteiger partial charge on any atom is -0.357 e. The zero-order chi connectivity index (χ0) is 18.2. The van der Waals surface area contributed by atoms with Gasteiger partial charge < -0.3 is 15.5 Å². The number of aliphatic imine (C=N–C) groups is 1. The fraction of sp³-hybridized carbons (Fsp3) is 0.471. The Labute approximate surface area is 177 Å². The number of aromatic nitrogens is 3. The van der Waals surface area contributed by atoms with Crippen LogP contribution < -0.4 is 10.6 Å². The van der Waals surface area contributed by atoms with Gasteiger partial charge in [0.1, 0.15) is 18.7 Å². The normalized spacial score (nSPS) is 12.6. The number of nitrogens with one attached hydrogen (secondary N) is 2. The minimum absolute atomic E-state index is 0. The topological polar surface area (TPSA) is 70.4 Å². The largest absolute Gasteiger partial charge is 0.357 e. The first-order valence-electron chi connectivity index (χ1n) is 8.28. The molecule has 1 aromatic heterocycles. The summed E-state index contributed by atoms with van der Waals surface area (Å²) >= 11 is 6.00. The third-order valence-electron chi connectivity index (χ3n) is 3.87. The van der Waals surface area contributed by atoms with E-state index in [0.717, 1.165) is 29.9 Å². The lowest BCUT2D eigenvalue weighted by molar-refractivity contribution is 0.298. The molecule has 1 heterocycles. The highest BCUT2D eigenvalue weighted by molar-refractivity contribution is 14.0. The molecule has 1 atom stereocenters. The molecule has 0 bridgehead atoms. The quantitative estimate of drug-likeness (QED) is 0.354. The van der Waals surface area contributed by atoms with Gasteiger partial charge in [-0.05, 0) is 38.7 Å². The Bertz CT molecular complexity index is 685. The molecule has 0 amide bonds. The monoisotopic (exact) mass is 491 g/mol. The maximum absolute atomic E-state index is 6.00. The number of rotatable bonds is 7. The van der Waals surface area contributed by atoms with Gasteiger partial charge in [0.2, 0.25) is 0 Å². The average molecular weight is 492 g/mol. The molecule has 1 aromatic carbocycles. The van der Waals surface area contributed by atoms with Crippen LogP contribution in [0.1, 0.15) is 24.4 Å². The second kappa shape index (κ2) is 11.3. The van der Waals surface area contributed by atoms with Crippen molar-refractivity contribution >= 4 is 41.5 Å². The molecule has 0 spiro atoms. The highest BCUT2D eigenvalue weighted by Crippen LogP contribution is 2.19. The van der Waals surface area contributed by atoms with Gasteiger partial charge in [-0.25, -0.2) is 9.98 Å². The van der Waals surface area contributed by atoms with Crippen LogP contribution in [-0.4, -0.2) is 52.8 Å². The van der Waals surface area contributed by atoms with Crippen molar-refractivity contribution in [1.29, 1.82) is 0 Å². The number of hydrogen-bond donors (Lipinski definition) is 2. The molecule has 0 fully saturated rings. The van der Waals surface area contributed by atoms with Crippen LogP contribution in [0, 0.1) is 0 Å². The van der Waals surface area contributed by atoms with E-state index in [9.17, 15) is 0 Å². The van der Waals surface area contributed by atoms with Crippen molar-refractivity contribution in [3.8, 4) is 0 Å². The van der Waals surface area contributed by atoms with Gasteiger partial charge in [0.15, 0.2) is 5.96 Å². The number of hydrogen-bond acceptors (Lipinski definition) is 4. The van der Waals surface area contributed by atoms with Crippen LogP contribution in [0.3, 0.4) is 0 Å². The Kier molecular flexibility index (Phi) is 9.89. The lowest BCUT2D eigenvalue weighted by atomic mass is 10.1. The Morgan fingerprint density at radius 2 is 1.96 bits per heavy atom. The van der Waals surface area contributed by atoms with Crippen molar-refractivity contribution in [3.63, 3.8) is 0 Å². The van der Waals surface area contributed by atoms with Crippen molar-refractivity contribution < 1.29 is 0 Å². The number of benzene rings is 1. The van der Waals surface area contributed by atoms with Gasteiger partial charge in [0, 0.05) is 25.2 Å². The molecule has 0 radical (unpaired) electrons. The summed E-state index contributed by atoms with van der Waals surface area (Å²) < 4.78 is 1.73. The summed E-state index contributed by atoms with van der Waals surface area (Å²) in [5.74, 6) is 1.57. The molecule has 2 aromatic rings. The molecule has 0 aliphatic carbocycles. The van der Waals surface area contributed by atoms with E-state index in [1.54, 1.807) is 4.68 Å². The first-order chi connectivity index (χ1) is 12.0. The van der Waals surface area contributed by atoms with Crippen LogP contribution in [0.25, 0.3) is 0 Å². The number of aryl methyl sites for hydroxylation is 1. The Morgan fingerprint density at radius 1 is 1.27 bits per heavy atom. The second-order valence-corrected chi connectivity index (χ2v) is 6.34. The van der Waals surface area contributed by atoms with E-state index < -0.39 is 0 Å². The number of guanidine groups is 1. The van der Waals surface area contributed by atoms with Crippen LogP contribution in [0.15, 0.2) is 35.6 Å². The Hall–Kier alpha value is -1.39. The van der Waals surface area contributed by atoms with Crippen molar-refractivity contribution in [2.24, 2.45) is 12.0 Å². The SMILES string of the molecule is CCNC(=NCc1ncnn1C)NCC(c1ccc(Cl)cc1)N(C)C.I. The average Bonchev–Trinajstić information content (AvgIpc) is 2.99. The maximum Gasteiger partial charge on any atom is 0.191 e. The van der Waals surface area contributed by atoms with Crippen molar-refractivity contribution in [2.75, 3.05) is 27.2 Å².